The van der Waals surface area contributed by atoms with E-state index in [1.165, 1.54) is 0 Å². The van der Waals surface area contributed by atoms with Crippen LogP contribution in [0.1, 0.15) is 33.6 Å². The quantitative estimate of drug-likeness (QED) is 0.320. The second-order valence-electron chi connectivity index (χ2n) is 9.80. The number of carbonyl (C=O) groups excluding carboxylic acids is 1. The number of hydrogen-bond donors (Lipinski definition) is 0. The highest BCUT2D eigenvalue weighted by atomic mass is 35.5. The minimum Gasteiger partial charge on any atom is -0.454 e. The van der Waals surface area contributed by atoms with Crippen molar-refractivity contribution in [3.8, 4) is 22.9 Å². The van der Waals surface area contributed by atoms with Crippen LogP contribution in [0.5, 0.6) is 11.5 Å². The largest absolute Gasteiger partial charge is 0.454 e. The molecule has 1 saturated heterocycles. The number of carbonyl (C=O) groups is 1. The molecule has 0 aliphatic carbocycles. The van der Waals surface area contributed by atoms with Crippen molar-refractivity contribution in [1.29, 1.82) is 0 Å². The Bertz CT molecular complexity index is 1490. The lowest BCUT2D eigenvalue weighted by Gasteiger charge is -2.26. The Kier molecular flexibility index (Phi) is 7.07. The zero-order valence-corrected chi connectivity index (χ0v) is 22.5. The summed E-state index contributed by atoms with van der Waals surface area (Å²) < 4.78 is 10.9. The van der Waals surface area contributed by atoms with Crippen LogP contribution in [0.25, 0.3) is 11.4 Å². The van der Waals surface area contributed by atoms with Crippen LogP contribution in [-0.2, 0) is 6.42 Å². The predicted molar refractivity (Wildman–Crippen MR) is 152 cm³/mol. The number of amides is 1. The Balaban J connectivity index is 1.29. The maximum absolute atomic E-state index is 13.4. The molecule has 7 nitrogen and oxygen atoms in total. The van der Waals surface area contributed by atoms with Gasteiger partial charge in [-0.1, -0.05) is 54.1 Å². The molecule has 1 aromatic heterocycles. The van der Waals surface area contributed by atoms with Gasteiger partial charge in [-0.2, -0.15) is 0 Å². The average Bonchev–Trinajstić information content (AvgIpc) is 3.30. The maximum atomic E-state index is 13.4. The van der Waals surface area contributed by atoms with E-state index < -0.39 is 0 Å². The van der Waals surface area contributed by atoms with Crippen molar-refractivity contribution in [3.63, 3.8) is 0 Å². The van der Waals surface area contributed by atoms with Crippen LogP contribution < -0.4 is 14.4 Å². The first-order valence-corrected chi connectivity index (χ1v) is 13.5. The van der Waals surface area contributed by atoms with Crippen LogP contribution in [0, 0.1) is 6.92 Å². The molecule has 0 N–H and O–H groups in total. The van der Waals surface area contributed by atoms with Crippen LogP contribution >= 0.6 is 11.6 Å². The number of aryl methyl sites for hydroxylation is 1. The minimum atomic E-state index is 0.000352. The number of benzene rings is 3. The SMILES string of the molecule is Cc1nc(-c2ccccc2)nc(N2CCCN(C(=O)c3ccc4c(c3)OCO4)CC2)c1Cc1ccc(Cl)cc1. The van der Waals surface area contributed by atoms with E-state index in [1.807, 2.05) is 65.6 Å². The van der Waals surface area contributed by atoms with E-state index in [9.17, 15) is 4.79 Å². The van der Waals surface area contributed by atoms with Crippen molar-refractivity contribution in [2.75, 3.05) is 37.9 Å². The molecule has 39 heavy (non-hydrogen) atoms. The summed E-state index contributed by atoms with van der Waals surface area (Å²) in [7, 11) is 0. The highest BCUT2D eigenvalue weighted by Crippen LogP contribution is 2.33. The van der Waals surface area contributed by atoms with E-state index in [-0.39, 0.29) is 12.7 Å². The van der Waals surface area contributed by atoms with Gasteiger partial charge in [0.2, 0.25) is 6.79 Å². The molecular formula is C31H29ClN4O3. The van der Waals surface area contributed by atoms with Gasteiger partial charge in [0.15, 0.2) is 17.3 Å². The molecule has 2 aliphatic rings. The van der Waals surface area contributed by atoms with Gasteiger partial charge in [-0.05, 0) is 49.2 Å². The van der Waals surface area contributed by atoms with Crippen molar-refractivity contribution >= 4 is 23.3 Å². The van der Waals surface area contributed by atoms with Gasteiger partial charge in [0.25, 0.3) is 5.91 Å². The zero-order chi connectivity index (χ0) is 26.8. The van der Waals surface area contributed by atoms with Gasteiger partial charge in [-0.15, -0.1) is 0 Å². The molecule has 0 spiro atoms. The summed E-state index contributed by atoms with van der Waals surface area (Å²) in [5.41, 5.74) is 4.78. The molecule has 1 amide bonds. The number of rotatable bonds is 5. The molecule has 0 radical (unpaired) electrons. The second kappa shape index (κ2) is 10.9. The number of fused-ring (bicyclic) bond motifs is 1. The Morgan fingerprint density at radius 3 is 2.51 bits per heavy atom. The summed E-state index contributed by atoms with van der Waals surface area (Å²) in [5.74, 6) is 2.93. The zero-order valence-electron chi connectivity index (χ0n) is 21.8. The lowest BCUT2D eigenvalue weighted by molar-refractivity contribution is 0.0766. The van der Waals surface area contributed by atoms with Gasteiger partial charge in [0, 0.05) is 60.0 Å². The van der Waals surface area contributed by atoms with Gasteiger partial charge in [0.05, 0.1) is 0 Å². The molecule has 1 fully saturated rings. The average molecular weight is 541 g/mol. The molecule has 0 atom stereocenters. The highest BCUT2D eigenvalue weighted by molar-refractivity contribution is 6.30. The monoisotopic (exact) mass is 540 g/mol. The third-order valence-corrected chi connectivity index (χ3v) is 7.47. The first-order valence-electron chi connectivity index (χ1n) is 13.2. The molecule has 8 heteroatoms. The van der Waals surface area contributed by atoms with E-state index in [1.54, 1.807) is 12.1 Å². The first kappa shape index (κ1) is 25.2. The summed E-state index contributed by atoms with van der Waals surface area (Å²) >= 11 is 6.14. The van der Waals surface area contributed by atoms with Gasteiger partial charge in [0.1, 0.15) is 5.82 Å². The Morgan fingerprint density at radius 2 is 1.69 bits per heavy atom. The smallest absolute Gasteiger partial charge is 0.254 e. The second-order valence-corrected chi connectivity index (χ2v) is 10.2. The van der Waals surface area contributed by atoms with Crippen molar-refractivity contribution in [1.82, 2.24) is 14.9 Å². The standard InChI is InChI=1S/C31H29ClN4O3/c1-21-26(18-22-8-11-25(32)12-9-22)30(34-29(33-21)23-6-3-2-4-7-23)35-14-5-15-36(17-16-35)31(37)24-10-13-27-28(19-24)39-20-38-27/h2-4,6-13,19H,5,14-18,20H2,1H3. The summed E-state index contributed by atoms with van der Waals surface area (Å²) in [4.78, 5) is 27.6. The van der Waals surface area contributed by atoms with Crippen LogP contribution in [0.15, 0.2) is 72.8 Å². The molecule has 3 aromatic carbocycles. The summed E-state index contributed by atoms with van der Waals surface area (Å²) in [5, 5.41) is 0.714. The van der Waals surface area contributed by atoms with Crippen molar-refractivity contribution in [2.45, 2.75) is 19.8 Å². The normalized spacial score (nSPS) is 14.8. The summed E-state index contributed by atoms with van der Waals surface area (Å²) in [6, 6.07) is 23.4. The van der Waals surface area contributed by atoms with Gasteiger partial charge < -0.3 is 19.3 Å². The minimum absolute atomic E-state index is 0.000352. The Labute approximate surface area is 233 Å². The molecule has 4 aromatic rings. The van der Waals surface area contributed by atoms with Gasteiger partial charge >= 0.3 is 0 Å². The van der Waals surface area contributed by atoms with Gasteiger partial charge in [-0.3, -0.25) is 4.79 Å². The first-order chi connectivity index (χ1) is 19.0. The number of halogens is 1. The number of nitrogens with zero attached hydrogens (tertiary/aromatic N) is 4. The van der Waals surface area contributed by atoms with Crippen LogP contribution in [0.2, 0.25) is 5.02 Å². The lowest BCUT2D eigenvalue weighted by Crippen LogP contribution is -2.35. The fraction of sp³-hybridized carbons (Fsp3) is 0.258. The number of ether oxygens (including phenoxy) is 2. The third-order valence-electron chi connectivity index (χ3n) is 7.22. The topological polar surface area (TPSA) is 67.8 Å². The molecule has 6 rings (SSSR count). The predicted octanol–water partition coefficient (Wildman–Crippen LogP) is 5.78. The highest BCUT2D eigenvalue weighted by Gasteiger charge is 2.25. The number of anilines is 1. The number of hydrogen-bond acceptors (Lipinski definition) is 6. The third kappa shape index (κ3) is 5.40. The van der Waals surface area contributed by atoms with E-state index in [0.717, 1.165) is 41.2 Å². The summed E-state index contributed by atoms with van der Waals surface area (Å²) in [6.07, 6.45) is 1.53. The summed E-state index contributed by atoms with van der Waals surface area (Å²) in [6.45, 7) is 4.98. The lowest BCUT2D eigenvalue weighted by atomic mass is 10.0. The molecule has 2 aliphatic heterocycles. The molecule has 0 unspecified atom stereocenters. The van der Waals surface area contributed by atoms with Gasteiger partial charge in [-0.25, -0.2) is 9.97 Å². The fourth-order valence-electron chi connectivity index (χ4n) is 5.12. The Morgan fingerprint density at radius 1 is 0.897 bits per heavy atom. The maximum Gasteiger partial charge on any atom is 0.254 e. The van der Waals surface area contributed by atoms with Crippen molar-refractivity contribution in [2.24, 2.45) is 0 Å². The van der Waals surface area contributed by atoms with Crippen LogP contribution in [-0.4, -0.2) is 53.7 Å². The van der Waals surface area contributed by atoms with E-state index >= 15 is 0 Å². The molecular weight excluding hydrogens is 512 g/mol. The molecule has 0 saturated carbocycles. The van der Waals surface area contributed by atoms with Crippen LogP contribution in [0.4, 0.5) is 5.82 Å². The van der Waals surface area contributed by atoms with E-state index in [2.05, 4.69) is 11.8 Å². The molecule has 198 valence electrons. The van der Waals surface area contributed by atoms with E-state index in [0.29, 0.717) is 54.0 Å². The molecule has 0 bridgehead atoms. The van der Waals surface area contributed by atoms with E-state index in [4.69, 9.17) is 31.0 Å². The number of aromatic nitrogens is 2. The fourth-order valence-corrected chi connectivity index (χ4v) is 5.24. The van der Waals surface area contributed by atoms with Crippen molar-refractivity contribution in [3.05, 3.63) is 100 Å². The van der Waals surface area contributed by atoms with Crippen LogP contribution in [0.3, 0.4) is 0 Å². The van der Waals surface area contributed by atoms with Crippen molar-refractivity contribution < 1.29 is 14.3 Å². The molecule has 3 heterocycles. The Hall–Kier alpha value is -4.10.